The van der Waals surface area contributed by atoms with Crippen LogP contribution in [-0.4, -0.2) is 51.9 Å². The highest BCUT2D eigenvalue weighted by Gasteiger charge is 2.26. The molecule has 0 spiro atoms. The molecule has 0 amide bonds. The van der Waals surface area contributed by atoms with Gasteiger partial charge in [-0.15, -0.1) is 0 Å². The van der Waals surface area contributed by atoms with Gasteiger partial charge in [-0.3, -0.25) is 4.90 Å². The molecular formula is C24H24N6O. The molecule has 2 aromatic heterocycles. The van der Waals surface area contributed by atoms with E-state index in [0.29, 0.717) is 12.6 Å². The van der Waals surface area contributed by atoms with E-state index in [1.807, 2.05) is 60.2 Å². The fourth-order valence-electron chi connectivity index (χ4n) is 3.54. The average molecular weight is 412 g/mol. The summed E-state index contributed by atoms with van der Waals surface area (Å²) in [6.45, 7) is 3.60. The monoisotopic (exact) mass is 412 g/mol. The smallest absolute Gasteiger partial charge is 0.236 e. The van der Waals surface area contributed by atoms with Gasteiger partial charge in [-0.05, 0) is 45.3 Å². The lowest BCUT2D eigenvalue weighted by Crippen LogP contribution is -2.19. The van der Waals surface area contributed by atoms with Crippen molar-refractivity contribution in [1.29, 1.82) is 0 Å². The van der Waals surface area contributed by atoms with Crippen LogP contribution in [0.3, 0.4) is 0 Å². The summed E-state index contributed by atoms with van der Waals surface area (Å²) in [4.78, 5) is 13.4. The minimum atomic E-state index is 0.618. The van der Waals surface area contributed by atoms with Crippen molar-refractivity contribution in [3.63, 3.8) is 0 Å². The first-order chi connectivity index (χ1) is 15.1. The van der Waals surface area contributed by atoms with Gasteiger partial charge in [-0.1, -0.05) is 29.8 Å². The SMILES string of the molecule is Cc1ccc(-c2nn3cc2N(c2ccc(OCCN(C)C)cc2)c2nccc-3n2)cc1. The lowest BCUT2D eigenvalue weighted by atomic mass is 10.1. The second-order valence-corrected chi connectivity index (χ2v) is 7.87. The Bertz CT molecular complexity index is 1200. The fraction of sp³-hybridized carbons (Fsp3) is 0.208. The Balaban J connectivity index is 1.54. The van der Waals surface area contributed by atoms with E-state index in [1.165, 1.54) is 5.56 Å². The Morgan fingerprint density at radius 2 is 1.74 bits per heavy atom. The molecule has 0 saturated carbocycles. The number of aryl methyl sites for hydroxylation is 1. The van der Waals surface area contributed by atoms with E-state index in [0.717, 1.165) is 40.7 Å². The lowest BCUT2D eigenvalue weighted by Gasteiger charge is -2.22. The summed E-state index contributed by atoms with van der Waals surface area (Å²) in [6, 6.07) is 18.3. The van der Waals surface area contributed by atoms with Gasteiger partial charge in [0.1, 0.15) is 18.1 Å². The summed E-state index contributed by atoms with van der Waals surface area (Å²) in [6.07, 6.45) is 3.77. The Hall–Kier alpha value is -3.71. The van der Waals surface area contributed by atoms with Crippen LogP contribution in [0.5, 0.6) is 5.75 Å². The first-order valence-corrected chi connectivity index (χ1v) is 10.3. The van der Waals surface area contributed by atoms with E-state index in [-0.39, 0.29) is 0 Å². The molecule has 0 unspecified atom stereocenters. The van der Waals surface area contributed by atoms with Crippen LogP contribution >= 0.6 is 0 Å². The highest BCUT2D eigenvalue weighted by molar-refractivity contribution is 5.85. The Labute approximate surface area is 181 Å². The number of hydrogen-bond acceptors (Lipinski definition) is 6. The van der Waals surface area contributed by atoms with E-state index in [2.05, 4.69) is 41.1 Å². The number of likely N-dealkylation sites (N-methyl/N-ethyl adjacent to an activating group) is 1. The normalized spacial score (nSPS) is 12.2. The molecule has 4 aromatic rings. The number of fused-ring (bicyclic) bond motifs is 5. The molecule has 5 rings (SSSR count). The number of hydrogen-bond donors (Lipinski definition) is 0. The molecule has 31 heavy (non-hydrogen) atoms. The van der Waals surface area contributed by atoms with E-state index in [1.54, 1.807) is 6.20 Å². The van der Waals surface area contributed by atoms with Crippen molar-refractivity contribution in [3.8, 4) is 22.8 Å². The number of nitrogens with zero attached hydrogens (tertiary/aromatic N) is 6. The molecule has 2 aromatic carbocycles. The summed E-state index contributed by atoms with van der Waals surface area (Å²) in [7, 11) is 4.07. The van der Waals surface area contributed by atoms with Crippen LogP contribution in [0, 0.1) is 6.92 Å². The van der Waals surface area contributed by atoms with Crippen LogP contribution in [-0.2, 0) is 0 Å². The average Bonchev–Trinajstić information content (AvgIpc) is 3.16. The molecule has 0 fully saturated rings. The van der Waals surface area contributed by atoms with Crippen LogP contribution in [0.2, 0.25) is 0 Å². The van der Waals surface area contributed by atoms with Crippen molar-refractivity contribution >= 4 is 17.3 Å². The van der Waals surface area contributed by atoms with E-state index < -0.39 is 0 Å². The zero-order valence-electron chi connectivity index (χ0n) is 17.9. The van der Waals surface area contributed by atoms with Gasteiger partial charge in [0, 0.05) is 30.1 Å². The molecule has 0 saturated heterocycles. The zero-order chi connectivity index (χ0) is 21.4. The fourth-order valence-corrected chi connectivity index (χ4v) is 3.54. The van der Waals surface area contributed by atoms with E-state index in [9.17, 15) is 0 Å². The number of ether oxygens (including phenoxy) is 1. The standard InChI is InChI=1S/C24H24N6O/c1-17-4-6-18(7-5-17)23-21-16-29(27-23)22-12-13-25-24(26-22)30(21)19-8-10-20(11-9-19)31-15-14-28(2)3/h4-13,16H,14-15H2,1-3H3. The molecule has 0 aliphatic carbocycles. The molecule has 0 atom stereocenters. The molecule has 0 N–H and O–H groups in total. The van der Waals surface area contributed by atoms with Crippen LogP contribution in [0.1, 0.15) is 5.56 Å². The van der Waals surface area contributed by atoms with Gasteiger partial charge in [-0.2, -0.15) is 10.1 Å². The molecule has 1 aliphatic heterocycles. The van der Waals surface area contributed by atoms with Crippen LogP contribution < -0.4 is 9.64 Å². The molecule has 1 aliphatic rings. The van der Waals surface area contributed by atoms with Crippen molar-refractivity contribution < 1.29 is 4.74 Å². The van der Waals surface area contributed by atoms with E-state index >= 15 is 0 Å². The van der Waals surface area contributed by atoms with Gasteiger partial charge in [0.2, 0.25) is 5.95 Å². The summed E-state index contributed by atoms with van der Waals surface area (Å²) in [5, 5.41) is 4.83. The van der Waals surface area contributed by atoms with Gasteiger partial charge in [-0.25, -0.2) is 9.67 Å². The highest BCUT2D eigenvalue weighted by atomic mass is 16.5. The second-order valence-electron chi connectivity index (χ2n) is 7.87. The summed E-state index contributed by atoms with van der Waals surface area (Å²) in [5.74, 6) is 2.20. The van der Waals surface area contributed by atoms with Gasteiger partial charge in [0.25, 0.3) is 0 Å². The van der Waals surface area contributed by atoms with Crippen LogP contribution in [0.25, 0.3) is 17.1 Å². The second kappa shape index (κ2) is 7.85. The minimum absolute atomic E-state index is 0.618. The lowest BCUT2D eigenvalue weighted by molar-refractivity contribution is 0.261. The Morgan fingerprint density at radius 1 is 0.968 bits per heavy atom. The highest BCUT2D eigenvalue weighted by Crippen LogP contribution is 2.41. The molecule has 3 heterocycles. The molecule has 0 radical (unpaired) electrons. The minimum Gasteiger partial charge on any atom is -0.492 e. The van der Waals surface area contributed by atoms with Crippen LogP contribution in [0.15, 0.2) is 67.0 Å². The third kappa shape index (κ3) is 3.75. The molecule has 7 heteroatoms. The predicted molar refractivity (Wildman–Crippen MR) is 122 cm³/mol. The quantitative estimate of drug-likeness (QED) is 0.413. The molecule has 156 valence electrons. The van der Waals surface area contributed by atoms with Crippen LogP contribution in [0.4, 0.5) is 17.3 Å². The first kappa shape index (κ1) is 19.3. The number of benzene rings is 2. The Kier molecular flexibility index (Phi) is 4.88. The predicted octanol–water partition coefficient (Wildman–Crippen LogP) is 4.36. The third-order valence-electron chi connectivity index (χ3n) is 5.23. The maximum Gasteiger partial charge on any atom is 0.236 e. The van der Waals surface area contributed by atoms with E-state index in [4.69, 9.17) is 14.8 Å². The van der Waals surface area contributed by atoms with Crippen molar-refractivity contribution in [3.05, 3.63) is 72.6 Å². The topological polar surface area (TPSA) is 59.3 Å². The van der Waals surface area contributed by atoms with Gasteiger partial charge < -0.3 is 9.64 Å². The summed E-state index contributed by atoms with van der Waals surface area (Å²) < 4.78 is 7.67. The molecule has 4 bridgehead atoms. The van der Waals surface area contributed by atoms with Crippen molar-refractivity contribution in [2.75, 3.05) is 32.1 Å². The van der Waals surface area contributed by atoms with Crippen molar-refractivity contribution in [1.82, 2.24) is 24.6 Å². The molecule has 7 nitrogen and oxygen atoms in total. The number of aromatic nitrogens is 4. The van der Waals surface area contributed by atoms with Crippen molar-refractivity contribution in [2.45, 2.75) is 6.92 Å². The van der Waals surface area contributed by atoms with Gasteiger partial charge in [0.05, 0.1) is 11.9 Å². The maximum absolute atomic E-state index is 5.85. The largest absolute Gasteiger partial charge is 0.492 e. The number of rotatable bonds is 6. The summed E-state index contributed by atoms with van der Waals surface area (Å²) >= 11 is 0. The first-order valence-electron chi connectivity index (χ1n) is 10.3. The zero-order valence-corrected chi connectivity index (χ0v) is 17.9. The molecular weight excluding hydrogens is 388 g/mol. The van der Waals surface area contributed by atoms with Gasteiger partial charge in [0.15, 0.2) is 5.82 Å². The third-order valence-corrected chi connectivity index (χ3v) is 5.23. The Morgan fingerprint density at radius 3 is 2.48 bits per heavy atom. The van der Waals surface area contributed by atoms with Crippen molar-refractivity contribution in [2.24, 2.45) is 0 Å². The summed E-state index contributed by atoms with van der Waals surface area (Å²) in [5.41, 5.74) is 5.05. The maximum atomic E-state index is 5.85. The van der Waals surface area contributed by atoms with Gasteiger partial charge >= 0.3 is 0 Å². The number of anilines is 3.